The van der Waals surface area contributed by atoms with E-state index in [4.69, 9.17) is 10.5 Å². The number of methoxy groups -OCH3 is 1. The molecule has 0 aliphatic carbocycles. The van der Waals surface area contributed by atoms with E-state index in [2.05, 4.69) is 20.7 Å². The Hall–Kier alpha value is -1.73. The molecule has 0 fully saturated rings. The molecule has 0 heterocycles. The molecule has 3 N–H and O–H groups in total. The number of rotatable bonds is 4. The molecule has 0 spiro atoms. The van der Waals surface area contributed by atoms with Crippen LogP contribution in [-0.4, -0.2) is 15.5 Å². The Balaban J connectivity index is 2.47. The highest BCUT2D eigenvalue weighted by atomic mass is 79.9. The first-order chi connectivity index (χ1) is 9.83. The van der Waals surface area contributed by atoms with Crippen LogP contribution in [0.15, 0.2) is 45.8 Å². The van der Waals surface area contributed by atoms with Crippen molar-refractivity contribution in [2.24, 2.45) is 0 Å². The predicted octanol–water partition coefficient (Wildman–Crippen LogP) is 3.15. The van der Waals surface area contributed by atoms with Gasteiger partial charge in [0, 0.05) is 10.2 Å². The quantitative estimate of drug-likeness (QED) is 0.809. The zero-order chi connectivity index (χ0) is 15.6. The van der Waals surface area contributed by atoms with Crippen molar-refractivity contribution in [3.8, 4) is 5.75 Å². The molecule has 0 aromatic heterocycles. The van der Waals surface area contributed by atoms with E-state index >= 15 is 0 Å². The zero-order valence-corrected chi connectivity index (χ0v) is 14.0. The van der Waals surface area contributed by atoms with Crippen LogP contribution in [0.3, 0.4) is 0 Å². The van der Waals surface area contributed by atoms with Gasteiger partial charge in [-0.2, -0.15) is 0 Å². The van der Waals surface area contributed by atoms with Gasteiger partial charge in [-0.3, -0.25) is 4.72 Å². The largest absolute Gasteiger partial charge is 0.495 e. The second-order valence-corrected chi connectivity index (χ2v) is 7.04. The molecule has 0 aliphatic heterocycles. The number of hydrogen-bond acceptors (Lipinski definition) is 4. The van der Waals surface area contributed by atoms with Gasteiger partial charge in [-0.1, -0.05) is 22.0 Å². The number of ether oxygens (including phenoxy) is 1. The van der Waals surface area contributed by atoms with E-state index in [9.17, 15) is 8.42 Å². The number of nitrogens with two attached hydrogens (primary N) is 1. The third kappa shape index (κ3) is 3.48. The fourth-order valence-electron chi connectivity index (χ4n) is 1.87. The van der Waals surface area contributed by atoms with Gasteiger partial charge in [-0.15, -0.1) is 0 Å². The maximum absolute atomic E-state index is 12.5. The lowest BCUT2D eigenvalue weighted by Crippen LogP contribution is -2.15. The fourth-order valence-corrected chi connectivity index (χ4v) is 3.57. The van der Waals surface area contributed by atoms with Crippen LogP contribution in [0.2, 0.25) is 0 Å². The number of nitrogens with one attached hydrogen (secondary N) is 1. The van der Waals surface area contributed by atoms with Gasteiger partial charge in [0.2, 0.25) is 0 Å². The van der Waals surface area contributed by atoms with Crippen molar-refractivity contribution in [1.82, 2.24) is 0 Å². The predicted molar refractivity (Wildman–Crippen MR) is 87.1 cm³/mol. The number of hydrogen-bond donors (Lipinski definition) is 2. The third-order valence-electron chi connectivity index (χ3n) is 2.91. The van der Waals surface area contributed by atoms with Gasteiger partial charge in [0.05, 0.1) is 17.7 Å². The SMILES string of the molecule is COc1ccc(Br)cc1NS(=O)(=O)c1cc(N)ccc1C. The molecular formula is C14H15BrN2O3S. The summed E-state index contributed by atoms with van der Waals surface area (Å²) in [5, 5.41) is 0. The first kappa shape index (κ1) is 15.7. The summed E-state index contributed by atoms with van der Waals surface area (Å²) in [4.78, 5) is 0.143. The monoisotopic (exact) mass is 370 g/mol. The zero-order valence-electron chi connectivity index (χ0n) is 11.6. The molecule has 7 heteroatoms. The highest BCUT2D eigenvalue weighted by molar-refractivity contribution is 9.10. The Morgan fingerprint density at radius 3 is 2.57 bits per heavy atom. The van der Waals surface area contributed by atoms with Gasteiger partial charge in [-0.25, -0.2) is 8.42 Å². The van der Waals surface area contributed by atoms with Crippen LogP contribution in [0.25, 0.3) is 0 Å². The summed E-state index contributed by atoms with van der Waals surface area (Å²) in [7, 11) is -2.27. The summed E-state index contributed by atoms with van der Waals surface area (Å²) < 4.78 is 33.5. The fraction of sp³-hybridized carbons (Fsp3) is 0.143. The average molecular weight is 371 g/mol. The van der Waals surface area contributed by atoms with Crippen molar-refractivity contribution in [3.63, 3.8) is 0 Å². The number of anilines is 2. The molecule has 0 radical (unpaired) electrons. The molecular weight excluding hydrogens is 356 g/mol. The van der Waals surface area contributed by atoms with E-state index < -0.39 is 10.0 Å². The summed E-state index contributed by atoms with van der Waals surface area (Å²) in [6.07, 6.45) is 0. The number of aryl methyl sites for hydroxylation is 1. The molecule has 2 rings (SSSR count). The Morgan fingerprint density at radius 2 is 1.90 bits per heavy atom. The van der Waals surface area contributed by atoms with E-state index in [1.165, 1.54) is 13.2 Å². The van der Waals surface area contributed by atoms with Crippen molar-refractivity contribution < 1.29 is 13.2 Å². The first-order valence-electron chi connectivity index (χ1n) is 6.06. The molecule has 0 saturated carbocycles. The summed E-state index contributed by atoms with van der Waals surface area (Å²) in [6.45, 7) is 1.71. The Labute approximate surface area is 132 Å². The third-order valence-corrected chi connectivity index (χ3v) is 4.91. The minimum Gasteiger partial charge on any atom is -0.495 e. The van der Waals surface area contributed by atoms with Gasteiger partial charge in [0.25, 0.3) is 10.0 Å². The first-order valence-corrected chi connectivity index (χ1v) is 8.33. The van der Waals surface area contributed by atoms with E-state index in [0.29, 0.717) is 22.7 Å². The van der Waals surface area contributed by atoms with Crippen LogP contribution < -0.4 is 15.2 Å². The van der Waals surface area contributed by atoms with E-state index in [1.54, 1.807) is 37.3 Å². The van der Waals surface area contributed by atoms with Gasteiger partial charge in [0.1, 0.15) is 5.75 Å². The Morgan fingerprint density at radius 1 is 1.19 bits per heavy atom. The minimum atomic E-state index is -3.75. The van der Waals surface area contributed by atoms with Gasteiger partial charge >= 0.3 is 0 Å². The van der Waals surface area contributed by atoms with Crippen LogP contribution in [-0.2, 0) is 10.0 Å². The Kier molecular flexibility index (Phi) is 4.43. The number of sulfonamides is 1. The average Bonchev–Trinajstić information content (AvgIpc) is 2.41. The molecule has 5 nitrogen and oxygen atoms in total. The molecule has 21 heavy (non-hydrogen) atoms. The maximum Gasteiger partial charge on any atom is 0.262 e. The smallest absolute Gasteiger partial charge is 0.262 e. The lowest BCUT2D eigenvalue weighted by Gasteiger charge is -2.14. The highest BCUT2D eigenvalue weighted by Gasteiger charge is 2.19. The Bertz CT molecular complexity index is 776. The summed E-state index contributed by atoms with van der Waals surface area (Å²) in [5.74, 6) is 0.434. The molecule has 0 saturated heterocycles. The van der Waals surface area contributed by atoms with Crippen molar-refractivity contribution in [2.75, 3.05) is 17.6 Å². The van der Waals surface area contributed by atoms with Crippen LogP contribution in [0.4, 0.5) is 11.4 Å². The molecule has 112 valence electrons. The van der Waals surface area contributed by atoms with E-state index in [1.807, 2.05) is 0 Å². The van der Waals surface area contributed by atoms with Crippen molar-refractivity contribution in [3.05, 3.63) is 46.4 Å². The molecule has 2 aromatic carbocycles. The van der Waals surface area contributed by atoms with Crippen molar-refractivity contribution >= 4 is 37.3 Å². The standard InChI is InChI=1S/C14H15BrN2O3S/c1-9-3-5-11(16)8-14(9)21(18,19)17-12-7-10(15)4-6-13(12)20-2/h3-8,17H,16H2,1-2H3. The van der Waals surface area contributed by atoms with E-state index in [-0.39, 0.29) is 4.90 Å². The highest BCUT2D eigenvalue weighted by Crippen LogP contribution is 2.30. The van der Waals surface area contributed by atoms with E-state index in [0.717, 1.165) is 4.47 Å². The normalized spacial score (nSPS) is 11.2. The topological polar surface area (TPSA) is 81.4 Å². The molecule has 0 aliphatic rings. The lowest BCUT2D eigenvalue weighted by molar-refractivity contribution is 0.417. The number of benzene rings is 2. The summed E-state index contributed by atoms with van der Waals surface area (Å²) in [6, 6.07) is 9.84. The molecule has 2 aromatic rings. The van der Waals surface area contributed by atoms with Gasteiger partial charge in [0.15, 0.2) is 0 Å². The van der Waals surface area contributed by atoms with Crippen LogP contribution in [0, 0.1) is 6.92 Å². The van der Waals surface area contributed by atoms with Crippen molar-refractivity contribution in [2.45, 2.75) is 11.8 Å². The second kappa shape index (κ2) is 5.95. The van der Waals surface area contributed by atoms with Gasteiger partial charge in [-0.05, 0) is 42.8 Å². The lowest BCUT2D eigenvalue weighted by atomic mass is 10.2. The molecule has 0 bridgehead atoms. The molecule has 0 unspecified atom stereocenters. The maximum atomic E-state index is 12.5. The minimum absolute atomic E-state index is 0.143. The summed E-state index contributed by atoms with van der Waals surface area (Å²) in [5.41, 5.74) is 7.04. The summed E-state index contributed by atoms with van der Waals surface area (Å²) >= 11 is 3.30. The van der Waals surface area contributed by atoms with Gasteiger partial charge < -0.3 is 10.5 Å². The second-order valence-electron chi connectivity index (χ2n) is 4.48. The molecule has 0 atom stereocenters. The number of halogens is 1. The number of nitrogen functional groups attached to an aromatic ring is 1. The van der Waals surface area contributed by atoms with Crippen LogP contribution in [0.5, 0.6) is 5.75 Å². The molecule has 0 amide bonds. The van der Waals surface area contributed by atoms with Crippen molar-refractivity contribution in [1.29, 1.82) is 0 Å². The van der Waals surface area contributed by atoms with Crippen LogP contribution in [0.1, 0.15) is 5.56 Å². The van der Waals surface area contributed by atoms with Crippen LogP contribution >= 0.6 is 15.9 Å².